The van der Waals surface area contributed by atoms with E-state index in [1.54, 1.807) is 35.2 Å². The maximum Gasteiger partial charge on any atom is 0.230 e. The van der Waals surface area contributed by atoms with Gasteiger partial charge in [0.05, 0.1) is 11.3 Å². The minimum Gasteiger partial charge on any atom is -0.351 e. The Bertz CT molecular complexity index is 1130. The third-order valence-electron chi connectivity index (χ3n) is 4.31. The molecule has 0 saturated carbocycles. The van der Waals surface area contributed by atoms with Gasteiger partial charge < -0.3 is 5.32 Å². The van der Waals surface area contributed by atoms with Crippen molar-refractivity contribution < 1.29 is 9.18 Å². The number of thioether (sulfide) groups is 1. The summed E-state index contributed by atoms with van der Waals surface area (Å²) in [5.74, 6) is 0.0204. The van der Waals surface area contributed by atoms with Crippen LogP contribution in [-0.2, 0) is 11.3 Å². The molecule has 1 amide bonds. The van der Waals surface area contributed by atoms with Gasteiger partial charge in [0, 0.05) is 24.6 Å². The number of para-hydroxylation sites is 1. The molecule has 4 rings (SSSR count). The quantitative estimate of drug-likeness (QED) is 0.460. The zero-order valence-electron chi connectivity index (χ0n) is 15.9. The van der Waals surface area contributed by atoms with Crippen molar-refractivity contribution in [3.8, 4) is 17.1 Å². The summed E-state index contributed by atoms with van der Waals surface area (Å²) >= 11 is 1.25. The zero-order chi connectivity index (χ0) is 20.8. The van der Waals surface area contributed by atoms with Gasteiger partial charge in [-0.3, -0.25) is 14.3 Å². The molecule has 0 bridgehead atoms. The molecule has 0 aliphatic rings. The number of hydrogen-bond acceptors (Lipinski definition) is 5. The average molecular weight is 419 g/mol. The number of amides is 1. The van der Waals surface area contributed by atoms with E-state index in [9.17, 15) is 9.18 Å². The van der Waals surface area contributed by atoms with E-state index in [2.05, 4.69) is 20.5 Å². The lowest BCUT2D eigenvalue weighted by molar-refractivity contribution is -0.118. The van der Waals surface area contributed by atoms with Crippen molar-refractivity contribution >= 4 is 17.7 Å². The zero-order valence-corrected chi connectivity index (χ0v) is 16.7. The number of benzene rings is 2. The first kappa shape index (κ1) is 19.8. The molecule has 0 unspecified atom stereocenters. The van der Waals surface area contributed by atoms with E-state index in [4.69, 9.17) is 0 Å². The normalized spacial score (nSPS) is 10.7. The molecular formula is C22H18FN5OS. The van der Waals surface area contributed by atoms with E-state index in [-0.39, 0.29) is 17.5 Å². The molecular weight excluding hydrogens is 401 g/mol. The van der Waals surface area contributed by atoms with Gasteiger partial charge in [0.1, 0.15) is 5.82 Å². The van der Waals surface area contributed by atoms with Crippen LogP contribution in [0.3, 0.4) is 0 Å². The molecule has 1 N–H and O–H groups in total. The highest BCUT2D eigenvalue weighted by atomic mass is 32.2. The Kier molecular flexibility index (Phi) is 6.14. The van der Waals surface area contributed by atoms with Gasteiger partial charge in [-0.1, -0.05) is 48.2 Å². The molecule has 30 heavy (non-hydrogen) atoms. The van der Waals surface area contributed by atoms with Crippen LogP contribution in [0.5, 0.6) is 0 Å². The number of carbonyl (C=O) groups is 1. The summed E-state index contributed by atoms with van der Waals surface area (Å²) in [4.78, 5) is 16.3. The Hall–Kier alpha value is -3.52. The van der Waals surface area contributed by atoms with Crippen molar-refractivity contribution in [3.63, 3.8) is 0 Å². The third kappa shape index (κ3) is 4.55. The van der Waals surface area contributed by atoms with Gasteiger partial charge in [-0.15, -0.1) is 10.2 Å². The predicted molar refractivity (Wildman–Crippen MR) is 114 cm³/mol. The molecule has 0 radical (unpaired) electrons. The first-order valence-corrected chi connectivity index (χ1v) is 10.2. The fraction of sp³-hybridized carbons (Fsp3) is 0.0909. The first-order valence-electron chi connectivity index (χ1n) is 9.26. The maximum absolute atomic E-state index is 14.4. The summed E-state index contributed by atoms with van der Waals surface area (Å²) in [6.07, 6.45) is 3.39. The lowest BCUT2D eigenvalue weighted by Crippen LogP contribution is -2.24. The van der Waals surface area contributed by atoms with E-state index >= 15 is 0 Å². The van der Waals surface area contributed by atoms with Crippen LogP contribution in [0, 0.1) is 5.82 Å². The highest BCUT2D eigenvalue weighted by Gasteiger charge is 2.19. The molecule has 6 nitrogen and oxygen atoms in total. The van der Waals surface area contributed by atoms with E-state index in [1.807, 2.05) is 42.5 Å². The Morgan fingerprint density at radius 2 is 1.80 bits per heavy atom. The van der Waals surface area contributed by atoms with E-state index in [1.165, 1.54) is 17.8 Å². The van der Waals surface area contributed by atoms with Gasteiger partial charge in [-0.2, -0.15) is 0 Å². The number of aromatic nitrogens is 4. The minimum atomic E-state index is -0.382. The van der Waals surface area contributed by atoms with Crippen LogP contribution in [0.15, 0.2) is 84.3 Å². The lowest BCUT2D eigenvalue weighted by atomic mass is 10.2. The fourth-order valence-electron chi connectivity index (χ4n) is 2.87. The Morgan fingerprint density at radius 1 is 1.00 bits per heavy atom. The van der Waals surface area contributed by atoms with Crippen molar-refractivity contribution in [1.82, 2.24) is 25.1 Å². The monoisotopic (exact) mass is 419 g/mol. The van der Waals surface area contributed by atoms with Crippen LogP contribution in [0.2, 0.25) is 0 Å². The number of carbonyl (C=O) groups excluding carboxylic acids is 1. The van der Waals surface area contributed by atoms with Crippen LogP contribution in [0.25, 0.3) is 17.1 Å². The molecule has 2 aromatic carbocycles. The molecule has 0 aliphatic carbocycles. The smallest absolute Gasteiger partial charge is 0.230 e. The Morgan fingerprint density at radius 3 is 2.57 bits per heavy atom. The standard InChI is InChI=1S/C22H18FN5OS/c23-19-11-5-4-10-18(19)21-26-27-22(28(21)17-8-2-1-3-9-17)30-15-20(29)25-14-16-7-6-12-24-13-16/h1-13H,14-15H2,(H,25,29). The molecule has 0 aliphatic heterocycles. The maximum atomic E-state index is 14.4. The Labute approximate surface area is 177 Å². The number of hydrogen-bond donors (Lipinski definition) is 1. The molecule has 8 heteroatoms. The number of pyridine rings is 1. The van der Waals surface area contributed by atoms with Crippen molar-refractivity contribution in [3.05, 3.63) is 90.5 Å². The van der Waals surface area contributed by atoms with Gasteiger partial charge >= 0.3 is 0 Å². The van der Waals surface area contributed by atoms with Crippen LogP contribution in [0.1, 0.15) is 5.56 Å². The second kappa shape index (κ2) is 9.32. The summed E-state index contributed by atoms with van der Waals surface area (Å²) in [5, 5.41) is 11.8. The van der Waals surface area contributed by atoms with E-state index < -0.39 is 0 Å². The van der Waals surface area contributed by atoms with E-state index in [0.29, 0.717) is 23.1 Å². The summed E-state index contributed by atoms with van der Waals surface area (Å²) in [7, 11) is 0. The number of rotatable bonds is 7. The summed E-state index contributed by atoms with van der Waals surface area (Å²) in [6.45, 7) is 0.402. The van der Waals surface area contributed by atoms with Gasteiger partial charge in [0.15, 0.2) is 11.0 Å². The highest BCUT2D eigenvalue weighted by molar-refractivity contribution is 7.99. The topological polar surface area (TPSA) is 72.7 Å². The highest BCUT2D eigenvalue weighted by Crippen LogP contribution is 2.29. The summed E-state index contributed by atoms with van der Waals surface area (Å²) in [5.41, 5.74) is 2.06. The number of nitrogens with zero attached hydrogens (tertiary/aromatic N) is 4. The van der Waals surface area contributed by atoms with Crippen molar-refractivity contribution in [2.75, 3.05) is 5.75 Å². The molecule has 150 valence electrons. The SMILES string of the molecule is O=C(CSc1nnc(-c2ccccc2F)n1-c1ccccc1)NCc1cccnc1. The van der Waals surface area contributed by atoms with E-state index in [0.717, 1.165) is 11.3 Å². The van der Waals surface area contributed by atoms with Gasteiger partial charge in [0.2, 0.25) is 5.91 Å². The van der Waals surface area contributed by atoms with Crippen LogP contribution in [0.4, 0.5) is 4.39 Å². The van der Waals surface area contributed by atoms with Crippen LogP contribution < -0.4 is 5.32 Å². The number of halogens is 1. The van der Waals surface area contributed by atoms with Crippen LogP contribution in [-0.4, -0.2) is 31.4 Å². The largest absolute Gasteiger partial charge is 0.351 e. The van der Waals surface area contributed by atoms with Gasteiger partial charge in [0.25, 0.3) is 0 Å². The minimum absolute atomic E-state index is 0.140. The molecule has 2 heterocycles. The van der Waals surface area contributed by atoms with Crippen molar-refractivity contribution in [2.45, 2.75) is 11.7 Å². The predicted octanol–water partition coefficient (Wildman–Crippen LogP) is 3.88. The van der Waals surface area contributed by atoms with Gasteiger partial charge in [-0.25, -0.2) is 4.39 Å². The second-order valence-corrected chi connectivity index (χ2v) is 7.33. The summed E-state index contributed by atoms with van der Waals surface area (Å²) < 4.78 is 16.2. The third-order valence-corrected chi connectivity index (χ3v) is 5.24. The average Bonchev–Trinajstić information content (AvgIpc) is 3.21. The molecule has 0 fully saturated rings. The molecule has 0 spiro atoms. The Balaban J connectivity index is 1.55. The van der Waals surface area contributed by atoms with Crippen LogP contribution >= 0.6 is 11.8 Å². The van der Waals surface area contributed by atoms with Crippen molar-refractivity contribution in [1.29, 1.82) is 0 Å². The molecule has 4 aromatic rings. The number of nitrogens with one attached hydrogen (secondary N) is 1. The molecule has 0 saturated heterocycles. The molecule has 0 atom stereocenters. The van der Waals surface area contributed by atoms with Gasteiger partial charge in [-0.05, 0) is 35.9 Å². The fourth-order valence-corrected chi connectivity index (χ4v) is 3.66. The van der Waals surface area contributed by atoms with Crippen molar-refractivity contribution in [2.24, 2.45) is 0 Å². The first-order chi connectivity index (χ1) is 14.7. The molecule has 2 aromatic heterocycles. The summed E-state index contributed by atoms with van der Waals surface area (Å²) in [6, 6.07) is 19.6. The lowest BCUT2D eigenvalue weighted by Gasteiger charge is -2.11. The second-order valence-electron chi connectivity index (χ2n) is 6.38.